The fraction of sp³-hybridized carbons (Fsp3) is 0.333. The number of fused-ring (bicyclic) bond motifs is 2. The predicted molar refractivity (Wildman–Crippen MR) is 107 cm³/mol. The Morgan fingerprint density at radius 3 is 3.00 bits per heavy atom. The first-order valence-corrected chi connectivity index (χ1v) is 9.73. The predicted octanol–water partition coefficient (Wildman–Crippen LogP) is 3.43. The van der Waals surface area contributed by atoms with Crippen LogP contribution < -0.4 is 5.32 Å². The van der Waals surface area contributed by atoms with Crippen molar-refractivity contribution in [2.45, 2.75) is 38.1 Å². The Morgan fingerprint density at radius 1 is 1.29 bits per heavy atom. The van der Waals surface area contributed by atoms with Gasteiger partial charge in [-0.25, -0.2) is 9.97 Å². The number of aromatic amines is 1. The number of hydrogen-bond acceptors (Lipinski definition) is 4. The first-order chi connectivity index (χ1) is 13.7. The van der Waals surface area contributed by atoms with E-state index in [-0.39, 0.29) is 5.91 Å². The molecule has 5 rings (SSSR count). The Morgan fingerprint density at radius 2 is 2.14 bits per heavy atom. The molecule has 28 heavy (non-hydrogen) atoms. The van der Waals surface area contributed by atoms with E-state index in [1.54, 1.807) is 10.9 Å². The average molecular weight is 374 g/mol. The molecule has 0 saturated heterocycles. The smallest absolute Gasteiger partial charge is 0.272 e. The van der Waals surface area contributed by atoms with Gasteiger partial charge in [0, 0.05) is 37.3 Å². The minimum Gasteiger partial charge on any atom is -0.347 e. The standard InChI is InChI=1S/C21H22N6O/c1-27-12-15-14(7-4-8-16(15)26-27)11-23-21(28)19-18-17(9-10-22-19)24-20(25-18)13-5-2-3-6-13/h4,7-10,12-13H,2-3,5-6,11H2,1H3,(H,23,28)(H,24,25). The van der Waals surface area contributed by atoms with Crippen LogP contribution in [0.15, 0.2) is 36.7 Å². The van der Waals surface area contributed by atoms with Crippen LogP contribution in [0.25, 0.3) is 21.9 Å². The Labute approximate surface area is 162 Å². The number of aryl methyl sites for hydroxylation is 1. The second-order valence-corrected chi connectivity index (χ2v) is 7.49. The number of amides is 1. The van der Waals surface area contributed by atoms with Crippen LogP contribution in [0.5, 0.6) is 0 Å². The summed E-state index contributed by atoms with van der Waals surface area (Å²) in [5.74, 6) is 1.23. The molecule has 7 nitrogen and oxygen atoms in total. The zero-order chi connectivity index (χ0) is 19.1. The molecule has 2 N–H and O–H groups in total. The third kappa shape index (κ3) is 2.93. The number of H-pyrrole nitrogens is 1. The number of nitrogens with one attached hydrogen (secondary N) is 2. The average Bonchev–Trinajstić information content (AvgIpc) is 3.42. The zero-order valence-electron chi connectivity index (χ0n) is 15.8. The summed E-state index contributed by atoms with van der Waals surface area (Å²) in [4.78, 5) is 25.3. The largest absolute Gasteiger partial charge is 0.347 e. The Balaban J connectivity index is 1.41. The summed E-state index contributed by atoms with van der Waals surface area (Å²) in [5, 5.41) is 8.45. The molecule has 0 unspecified atom stereocenters. The van der Waals surface area contributed by atoms with Crippen molar-refractivity contribution in [1.82, 2.24) is 30.0 Å². The van der Waals surface area contributed by atoms with Crippen LogP contribution in [0.3, 0.4) is 0 Å². The number of rotatable bonds is 4. The van der Waals surface area contributed by atoms with Crippen LogP contribution >= 0.6 is 0 Å². The SMILES string of the molecule is Cn1cc2c(CNC(=O)c3nccc4[nH]c(C5CCCC5)nc34)cccc2n1. The molecular weight excluding hydrogens is 352 g/mol. The van der Waals surface area contributed by atoms with Crippen molar-refractivity contribution in [2.75, 3.05) is 0 Å². The zero-order valence-corrected chi connectivity index (χ0v) is 15.8. The lowest BCUT2D eigenvalue weighted by Gasteiger charge is -2.06. The van der Waals surface area contributed by atoms with E-state index in [4.69, 9.17) is 4.98 Å². The molecule has 0 spiro atoms. The van der Waals surface area contributed by atoms with E-state index >= 15 is 0 Å². The summed E-state index contributed by atoms with van der Waals surface area (Å²) in [6.45, 7) is 0.417. The second kappa shape index (κ2) is 6.74. The third-order valence-corrected chi connectivity index (χ3v) is 5.57. The van der Waals surface area contributed by atoms with Crippen molar-refractivity contribution in [1.29, 1.82) is 0 Å². The van der Waals surface area contributed by atoms with Gasteiger partial charge < -0.3 is 10.3 Å². The molecule has 1 saturated carbocycles. The highest BCUT2D eigenvalue weighted by molar-refractivity contribution is 6.03. The van der Waals surface area contributed by atoms with Crippen molar-refractivity contribution in [3.63, 3.8) is 0 Å². The van der Waals surface area contributed by atoms with Gasteiger partial charge in [0.1, 0.15) is 11.3 Å². The number of benzene rings is 1. The van der Waals surface area contributed by atoms with Gasteiger partial charge in [0.15, 0.2) is 5.69 Å². The van der Waals surface area contributed by atoms with Crippen molar-refractivity contribution < 1.29 is 4.79 Å². The van der Waals surface area contributed by atoms with Gasteiger partial charge in [0.25, 0.3) is 5.91 Å². The molecule has 0 bridgehead atoms. The minimum absolute atomic E-state index is 0.212. The van der Waals surface area contributed by atoms with E-state index < -0.39 is 0 Å². The number of carbonyl (C=O) groups excluding carboxylic acids is 1. The summed E-state index contributed by atoms with van der Waals surface area (Å²) < 4.78 is 1.78. The summed E-state index contributed by atoms with van der Waals surface area (Å²) in [6, 6.07) is 7.81. The molecular formula is C21H22N6O. The van der Waals surface area contributed by atoms with Crippen LogP contribution in [0.1, 0.15) is 53.5 Å². The first kappa shape index (κ1) is 16.9. The number of carbonyl (C=O) groups is 1. The maximum Gasteiger partial charge on any atom is 0.272 e. The molecule has 1 aliphatic carbocycles. The molecule has 142 valence electrons. The van der Waals surface area contributed by atoms with Crippen molar-refractivity contribution in [3.05, 3.63) is 53.7 Å². The molecule has 1 aliphatic rings. The highest BCUT2D eigenvalue weighted by Gasteiger charge is 2.22. The van der Waals surface area contributed by atoms with Crippen LogP contribution in [0.2, 0.25) is 0 Å². The Bertz CT molecular complexity index is 1170. The molecule has 7 heteroatoms. The number of hydrogen-bond donors (Lipinski definition) is 2. The van der Waals surface area contributed by atoms with Gasteiger partial charge in [-0.3, -0.25) is 9.48 Å². The summed E-state index contributed by atoms with van der Waals surface area (Å²) >= 11 is 0. The normalized spacial score (nSPS) is 14.9. The Kier molecular flexibility index (Phi) is 4.07. The lowest BCUT2D eigenvalue weighted by molar-refractivity contribution is 0.0948. The Hall–Kier alpha value is -3.22. The topological polar surface area (TPSA) is 88.5 Å². The van der Waals surface area contributed by atoms with E-state index in [0.717, 1.165) is 40.6 Å². The van der Waals surface area contributed by atoms with Gasteiger partial charge in [0.05, 0.1) is 11.0 Å². The van der Waals surface area contributed by atoms with Crippen LogP contribution in [0, 0.1) is 0 Å². The quantitative estimate of drug-likeness (QED) is 0.573. The number of aromatic nitrogens is 5. The van der Waals surface area contributed by atoms with Gasteiger partial charge in [-0.05, 0) is 30.5 Å². The molecule has 3 aromatic heterocycles. The summed E-state index contributed by atoms with van der Waals surface area (Å²) in [6.07, 6.45) is 8.43. The molecule has 1 fully saturated rings. The fourth-order valence-corrected chi connectivity index (χ4v) is 4.15. The highest BCUT2D eigenvalue weighted by atomic mass is 16.1. The number of nitrogens with zero attached hydrogens (tertiary/aromatic N) is 4. The number of pyridine rings is 1. The first-order valence-electron chi connectivity index (χ1n) is 9.73. The molecule has 0 aliphatic heterocycles. The van der Waals surface area contributed by atoms with Crippen LogP contribution in [-0.2, 0) is 13.6 Å². The van der Waals surface area contributed by atoms with Crippen LogP contribution in [-0.4, -0.2) is 30.6 Å². The maximum absolute atomic E-state index is 12.9. The van der Waals surface area contributed by atoms with Crippen molar-refractivity contribution in [2.24, 2.45) is 7.05 Å². The summed E-state index contributed by atoms with van der Waals surface area (Å²) in [7, 11) is 1.90. The van der Waals surface area contributed by atoms with E-state index in [2.05, 4.69) is 20.4 Å². The van der Waals surface area contributed by atoms with Gasteiger partial charge in [-0.1, -0.05) is 25.0 Å². The molecule has 1 aromatic carbocycles. The molecule has 0 atom stereocenters. The van der Waals surface area contributed by atoms with Gasteiger partial charge in [-0.15, -0.1) is 0 Å². The maximum atomic E-state index is 12.9. The lowest BCUT2D eigenvalue weighted by Crippen LogP contribution is -2.24. The van der Waals surface area contributed by atoms with Crippen molar-refractivity contribution >= 4 is 27.8 Å². The van der Waals surface area contributed by atoms with Gasteiger partial charge in [0.2, 0.25) is 0 Å². The highest BCUT2D eigenvalue weighted by Crippen LogP contribution is 2.33. The molecule has 0 radical (unpaired) electrons. The second-order valence-electron chi connectivity index (χ2n) is 7.49. The molecule has 3 heterocycles. The third-order valence-electron chi connectivity index (χ3n) is 5.57. The summed E-state index contributed by atoms with van der Waals surface area (Å²) in [5.41, 5.74) is 3.84. The number of imidazole rings is 1. The van der Waals surface area contributed by atoms with E-state index in [9.17, 15) is 4.79 Å². The van der Waals surface area contributed by atoms with E-state index in [1.807, 2.05) is 37.5 Å². The van der Waals surface area contributed by atoms with Crippen molar-refractivity contribution in [3.8, 4) is 0 Å². The van der Waals surface area contributed by atoms with E-state index in [1.165, 1.54) is 12.8 Å². The fourth-order valence-electron chi connectivity index (χ4n) is 4.15. The van der Waals surface area contributed by atoms with Crippen LogP contribution in [0.4, 0.5) is 0 Å². The van der Waals surface area contributed by atoms with Gasteiger partial charge >= 0.3 is 0 Å². The monoisotopic (exact) mass is 374 g/mol. The minimum atomic E-state index is -0.212. The lowest BCUT2D eigenvalue weighted by atomic mass is 10.1. The molecule has 1 amide bonds. The molecule has 4 aromatic rings. The van der Waals surface area contributed by atoms with E-state index in [0.29, 0.717) is 23.7 Å². The van der Waals surface area contributed by atoms with Gasteiger partial charge in [-0.2, -0.15) is 5.10 Å².